The molecule has 1 atom stereocenters. The van der Waals surface area contributed by atoms with Gasteiger partial charge in [0.15, 0.2) is 10.9 Å². The minimum absolute atomic E-state index is 0.0513. The van der Waals surface area contributed by atoms with E-state index in [1.807, 2.05) is 17.9 Å². The van der Waals surface area contributed by atoms with E-state index in [0.29, 0.717) is 11.1 Å². The van der Waals surface area contributed by atoms with Crippen molar-refractivity contribution >= 4 is 38.3 Å². The number of hydrogen-bond acceptors (Lipinski definition) is 5. The fourth-order valence-corrected chi connectivity index (χ4v) is 3.49. The van der Waals surface area contributed by atoms with E-state index in [4.69, 9.17) is 0 Å². The van der Waals surface area contributed by atoms with Crippen LogP contribution in [0.3, 0.4) is 0 Å². The van der Waals surface area contributed by atoms with Gasteiger partial charge in [0.05, 0.1) is 16.6 Å². The monoisotopic (exact) mass is 362 g/mol. The molecule has 0 bridgehead atoms. The van der Waals surface area contributed by atoms with Crippen LogP contribution in [0, 0.1) is 11.6 Å². The van der Waals surface area contributed by atoms with Gasteiger partial charge in [-0.3, -0.25) is 9.78 Å². The molecule has 0 fully saturated rings. The normalized spacial score (nSPS) is 12.2. The van der Waals surface area contributed by atoms with Gasteiger partial charge in [0.2, 0.25) is 5.91 Å². The molecule has 1 aromatic carbocycles. The first-order chi connectivity index (χ1) is 12.0. The molecule has 0 aliphatic carbocycles. The van der Waals surface area contributed by atoms with E-state index in [0.717, 1.165) is 23.1 Å². The average molecular weight is 362 g/mol. The van der Waals surface area contributed by atoms with Crippen LogP contribution >= 0.6 is 11.3 Å². The number of aromatic nitrogens is 2. The lowest BCUT2D eigenvalue weighted by Gasteiger charge is -2.27. The maximum absolute atomic E-state index is 13.7. The Bertz CT molecular complexity index is 900. The quantitative estimate of drug-likeness (QED) is 0.750. The molecule has 2 aromatic heterocycles. The van der Waals surface area contributed by atoms with E-state index in [2.05, 4.69) is 15.3 Å². The van der Waals surface area contributed by atoms with Crippen molar-refractivity contribution in [2.45, 2.75) is 19.4 Å². The molecule has 3 aromatic rings. The van der Waals surface area contributed by atoms with Crippen LogP contribution in [-0.4, -0.2) is 29.0 Å². The lowest BCUT2D eigenvalue weighted by atomic mass is 10.1. The lowest BCUT2D eigenvalue weighted by molar-refractivity contribution is -0.117. The van der Waals surface area contributed by atoms with Gasteiger partial charge in [0.25, 0.3) is 0 Å². The number of fused-ring (bicyclic) bond motifs is 1. The lowest BCUT2D eigenvalue weighted by Crippen LogP contribution is -2.41. The number of rotatable bonds is 5. The number of likely N-dealkylation sites (N-methyl/N-ethyl adjacent to an activating group) is 1. The molecule has 3 rings (SSSR count). The van der Waals surface area contributed by atoms with Crippen LogP contribution in [0.15, 0.2) is 36.7 Å². The summed E-state index contributed by atoms with van der Waals surface area (Å²) in [5.41, 5.74) is 0.859. The molecule has 0 saturated carbocycles. The Morgan fingerprint density at radius 3 is 2.88 bits per heavy atom. The Balaban J connectivity index is 1.81. The Kier molecular flexibility index (Phi) is 4.89. The molecule has 1 unspecified atom stereocenters. The van der Waals surface area contributed by atoms with Crippen LogP contribution in [-0.2, 0) is 4.79 Å². The highest BCUT2D eigenvalue weighted by Gasteiger charge is 2.23. The summed E-state index contributed by atoms with van der Waals surface area (Å²) in [5.74, 6) is -1.69. The molecule has 0 aliphatic heterocycles. The maximum Gasteiger partial charge on any atom is 0.248 e. The zero-order valence-corrected chi connectivity index (χ0v) is 14.5. The number of thiazole rings is 1. The second-order valence-corrected chi connectivity index (χ2v) is 6.52. The van der Waals surface area contributed by atoms with Crippen LogP contribution < -0.4 is 10.2 Å². The Labute approximate surface area is 147 Å². The molecule has 0 radical (unpaired) electrons. The summed E-state index contributed by atoms with van der Waals surface area (Å²) < 4.78 is 27.4. The molecule has 2 heterocycles. The third-order valence-electron chi connectivity index (χ3n) is 3.85. The van der Waals surface area contributed by atoms with Gasteiger partial charge < -0.3 is 10.2 Å². The number of nitrogens with zero attached hydrogens (tertiary/aromatic N) is 3. The number of nitrogens with one attached hydrogen (secondary N) is 1. The molecule has 0 aliphatic rings. The molecular weight excluding hydrogens is 346 g/mol. The number of benzene rings is 1. The molecule has 0 saturated heterocycles. The molecule has 1 N–H and O–H groups in total. The fourth-order valence-electron chi connectivity index (χ4n) is 2.58. The third kappa shape index (κ3) is 3.58. The van der Waals surface area contributed by atoms with Crippen molar-refractivity contribution in [3.63, 3.8) is 0 Å². The first kappa shape index (κ1) is 17.2. The zero-order valence-electron chi connectivity index (χ0n) is 13.7. The number of carbonyl (C=O) groups excluding carboxylic acids is 1. The number of carbonyl (C=O) groups is 1. The van der Waals surface area contributed by atoms with E-state index in [1.54, 1.807) is 25.5 Å². The Morgan fingerprint density at radius 1 is 1.40 bits per heavy atom. The van der Waals surface area contributed by atoms with E-state index in [9.17, 15) is 13.6 Å². The van der Waals surface area contributed by atoms with Crippen molar-refractivity contribution in [1.29, 1.82) is 0 Å². The molecule has 8 heteroatoms. The first-order valence-electron chi connectivity index (χ1n) is 7.69. The van der Waals surface area contributed by atoms with Gasteiger partial charge >= 0.3 is 0 Å². The summed E-state index contributed by atoms with van der Waals surface area (Å²) in [7, 11) is 1.80. The van der Waals surface area contributed by atoms with Crippen molar-refractivity contribution in [3.8, 4) is 0 Å². The van der Waals surface area contributed by atoms with E-state index in [1.165, 1.54) is 6.07 Å². The second kappa shape index (κ2) is 7.10. The van der Waals surface area contributed by atoms with Gasteiger partial charge in [-0.05, 0) is 24.6 Å². The summed E-state index contributed by atoms with van der Waals surface area (Å²) in [4.78, 5) is 22.5. The number of anilines is 2. The van der Waals surface area contributed by atoms with Crippen molar-refractivity contribution < 1.29 is 13.6 Å². The average Bonchev–Trinajstić information content (AvgIpc) is 2.98. The van der Waals surface area contributed by atoms with Gasteiger partial charge in [0.1, 0.15) is 17.4 Å². The smallest absolute Gasteiger partial charge is 0.248 e. The van der Waals surface area contributed by atoms with E-state index < -0.39 is 17.7 Å². The second-order valence-electron chi connectivity index (χ2n) is 5.49. The minimum Gasteiger partial charge on any atom is -0.361 e. The van der Waals surface area contributed by atoms with Crippen LogP contribution in [0.2, 0.25) is 0 Å². The van der Waals surface area contributed by atoms with Gasteiger partial charge in [0, 0.05) is 19.3 Å². The van der Waals surface area contributed by atoms with Crippen molar-refractivity contribution in [2.75, 3.05) is 17.3 Å². The van der Waals surface area contributed by atoms with Gasteiger partial charge in [-0.1, -0.05) is 18.3 Å². The fraction of sp³-hybridized carbons (Fsp3) is 0.235. The van der Waals surface area contributed by atoms with Crippen LogP contribution in [0.25, 0.3) is 10.2 Å². The summed E-state index contributed by atoms with van der Waals surface area (Å²) >= 11 is 1.04. The topological polar surface area (TPSA) is 58.1 Å². The van der Waals surface area contributed by atoms with Gasteiger partial charge in [-0.25, -0.2) is 13.8 Å². The third-order valence-corrected chi connectivity index (χ3v) is 4.77. The van der Waals surface area contributed by atoms with Gasteiger partial charge in [-0.2, -0.15) is 0 Å². The molecule has 1 amide bonds. The summed E-state index contributed by atoms with van der Waals surface area (Å²) in [5, 5.41) is 2.94. The highest BCUT2D eigenvalue weighted by atomic mass is 32.1. The maximum atomic E-state index is 13.7. The zero-order chi connectivity index (χ0) is 18.0. The molecule has 130 valence electrons. The van der Waals surface area contributed by atoms with Crippen molar-refractivity contribution in [2.24, 2.45) is 0 Å². The number of hydrogen-bond donors (Lipinski definition) is 1. The highest BCUT2D eigenvalue weighted by Crippen LogP contribution is 2.29. The summed E-state index contributed by atoms with van der Waals surface area (Å²) in [6.07, 6.45) is 3.89. The number of amides is 1. The first-order valence-corrected chi connectivity index (χ1v) is 8.50. The van der Waals surface area contributed by atoms with Crippen molar-refractivity contribution in [1.82, 2.24) is 9.97 Å². The Hall–Kier alpha value is -2.61. The Morgan fingerprint density at radius 2 is 2.20 bits per heavy atom. The molecule has 5 nitrogen and oxygen atoms in total. The predicted molar refractivity (Wildman–Crippen MR) is 94.9 cm³/mol. The largest absolute Gasteiger partial charge is 0.361 e. The highest BCUT2D eigenvalue weighted by molar-refractivity contribution is 7.22. The van der Waals surface area contributed by atoms with E-state index >= 15 is 0 Å². The SMILES string of the molecule is CCC(C(=O)Nc1nc2c(F)cc(F)cc2s1)N(C)c1cccnc1. The van der Waals surface area contributed by atoms with Crippen LogP contribution in [0.1, 0.15) is 13.3 Å². The van der Waals surface area contributed by atoms with E-state index in [-0.39, 0.29) is 16.6 Å². The predicted octanol–water partition coefficient (Wildman–Crippen LogP) is 3.82. The molecule has 25 heavy (non-hydrogen) atoms. The summed E-state index contributed by atoms with van der Waals surface area (Å²) in [6.45, 7) is 1.89. The van der Waals surface area contributed by atoms with Crippen LogP contribution in [0.4, 0.5) is 19.6 Å². The van der Waals surface area contributed by atoms with Gasteiger partial charge in [-0.15, -0.1) is 0 Å². The molecular formula is C17H16F2N4OS. The number of pyridine rings is 1. The summed E-state index contributed by atoms with van der Waals surface area (Å²) in [6, 6.07) is 5.18. The minimum atomic E-state index is -0.744. The van der Waals surface area contributed by atoms with Crippen LogP contribution in [0.5, 0.6) is 0 Å². The van der Waals surface area contributed by atoms with Crippen molar-refractivity contribution in [3.05, 3.63) is 48.3 Å². The number of halogens is 2. The standard InChI is InChI=1S/C17H16F2N4OS/c1-3-13(23(2)11-5-4-6-20-9-11)16(24)22-17-21-15-12(19)7-10(18)8-14(15)25-17/h4-9,13H,3H2,1-2H3,(H,21,22,24). The molecule has 0 spiro atoms.